The maximum absolute atomic E-state index is 14.7. The first kappa shape index (κ1) is 24.7. The van der Waals surface area contributed by atoms with Crippen molar-refractivity contribution in [2.45, 2.75) is 0 Å². The van der Waals surface area contributed by atoms with Crippen LogP contribution in [-0.4, -0.2) is 28.2 Å². The Balaban J connectivity index is 0.00000225. The molecule has 162 valence electrons. The second-order valence-corrected chi connectivity index (χ2v) is 6.67. The van der Waals surface area contributed by atoms with E-state index in [1.54, 1.807) is 62.3 Å². The first-order valence-corrected chi connectivity index (χ1v) is 8.46. The largest absolute Gasteiger partial charge is 1.00 e. The van der Waals surface area contributed by atoms with E-state index in [-0.39, 0.29) is 9.41 Å². The van der Waals surface area contributed by atoms with Crippen LogP contribution in [0.25, 0.3) is 11.4 Å². The van der Waals surface area contributed by atoms with Crippen molar-refractivity contribution in [2.24, 2.45) is 0 Å². The molecule has 30 heavy (non-hydrogen) atoms. The van der Waals surface area contributed by atoms with Gasteiger partial charge in [-0.25, -0.2) is 0 Å². The zero-order valence-electron chi connectivity index (χ0n) is 16.7. The lowest BCUT2D eigenvalue weighted by Crippen LogP contribution is -3.00. The summed E-state index contributed by atoms with van der Waals surface area (Å²) in [7, 11) is 7.20. The van der Waals surface area contributed by atoms with Crippen molar-refractivity contribution >= 4 is 11.4 Å². The van der Waals surface area contributed by atoms with Gasteiger partial charge in [0.25, 0.3) is 11.4 Å². The summed E-state index contributed by atoms with van der Waals surface area (Å²) in [5, 5.41) is 0. The third-order valence-electron chi connectivity index (χ3n) is 4.39. The number of benzene rings is 1. The van der Waals surface area contributed by atoms with Crippen LogP contribution in [0, 0.1) is 23.3 Å². The summed E-state index contributed by atoms with van der Waals surface area (Å²) in [5.74, 6) is -5.89. The highest BCUT2D eigenvalue weighted by atomic mass is 19.2. The van der Waals surface area contributed by atoms with Gasteiger partial charge in [-0.15, -0.1) is 0 Å². The fraction of sp³-hybridized carbons (Fsp3) is 0.200. The molecule has 0 aliphatic heterocycles. The van der Waals surface area contributed by atoms with E-state index in [1.165, 1.54) is 24.8 Å². The lowest BCUT2D eigenvalue weighted by Gasteiger charge is -2.11. The Morgan fingerprint density at radius 2 is 0.767 bits per heavy atom. The average molecular weight is 430 g/mol. The molecular weight excluding hydrogens is 410 g/mol. The Morgan fingerprint density at radius 3 is 0.967 bits per heavy atom. The molecule has 0 saturated heterocycles. The standard InChI is InChI=1S/C20H20F4N4.2FH/c1-25(2)13-5-9-27(10-6-13)19-15(21)17(23)20(18(24)16(19)22)28-11-7-14(8-12-28)26(3)4;;/h5-12H,1-4H3;2*1H/q+2;;/p-2. The molecule has 0 atom stereocenters. The second kappa shape index (κ2) is 9.47. The van der Waals surface area contributed by atoms with Crippen LogP contribution < -0.4 is 28.3 Å². The minimum atomic E-state index is -1.47. The van der Waals surface area contributed by atoms with E-state index in [0.29, 0.717) is 0 Å². The first-order valence-electron chi connectivity index (χ1n) is 8.46. The number of rotatable bonds is 4. The Labute approximate surface area is 170 Å². The molecule has 0 fully saturated rings. The first-order chi connectivity index (χ1) is 13.2. The Morgan fingerprint density at radius 1 is 0.533 bits per heavy atom. The van der Waals surface area contributed by atoms with Gasteiger partial charge in [-0.05, 0) is 0 Å². The highest BCUT2D eigenvalue weighted by Crippen LogP contribution is 2.25. The maximum Gasteiger partial charge on any atom is 0.289 e. The molecule has 4 nitrogen and oxygen atoms in total. The molecule has 1 aromatic carbocycles. The number of halogens is 6. The van der Waals surface area contributed by atoms with Crippen molar-refractivity contribution < 1.29 is 36.1 Å². The molecule has 2 heterocycles. The summed E-state index contributed by atoms with van der Waals surface area (Å²) in [6, 6.07) is 6.32. The number of hydrogen-bond donors (Lipinski definition) is 0. The summed E-state index contributed by atoms with van der Waals surface area (Å²) in [5.41, 5.74) is -0.0820. The summed E-state index contributed by atoms with van der Waals surface area (Å²) >= 11 is 0. The Hall–Kier alpha value is -3.30. The predicted octanol–water partition coefficient (Wildman–Crippen LogP) is -3.06. The van der Waals surface area contributed by atoms with Crippen LogP contribution in [0.4, 0.5) is 28.9 Å². The summed E-state index contributed by atoms with van der Waals surface area (Å²) < 4.78 is 60.8. The van der Waals surface area contributed by atoms with Crippen LogP contribution in [0.15, 0.2) is 49.1 Å². The fourth-order valence-electron chi connectivity index (χ4n) is 2.79. The molecule has 0 aliphatic rings. The lowest BCUT2D eigenvalue weighted by atomic mass is 10.2. The molecule has 0 saturated carbocycles. The minimum absolute atomic E-state index is 0. The number of pyridine rings is 2. The summed E-state index contributed by atoms with van der Waals surface area (Å²) in [6.45, 7) is 0. The Kier molecular flexibility index (Phi) is 7.80. The molecule has 3 rings (SSSR count). The zero-order chi connectivity index (χ0) is 20.6. The molecule has 3 aromatic rings. The van der Waals surface area contributed by atoms with Crippen LogP contribution >= 0.6 is 0 Å². The van der Waals surface area contributed by atoms with Crippen molar-refractivity contribution in [3.05, 3.63) is 72.3 Å². The van der Waals surface area contributed by atoms with Crippen molar-refractivity contribution in [2.75, 3.05) is 38.0 Å². The van der Waals surface area contributed by atoms with E-state index in [9.17, 15) is 17.6 Å². The smallest absolute Gasteiger partial charge is 0.289 e. The Bertz CT molecular complexity index is 894. The third kappa shape index (κ3) is 4.32. The quantitative estimate of drug-likeness (QED) is 0.248. The van der Waals surface area contributed by atoms with Gasteiger partial charge in [0.15, 0.2) is 24.8 Å². The van der Waals surface area contributed by atoms with Gasteiger partial charge in [-0.3, -0.25) is 0 Å². The molecular formula is C20H20F6N4. The van der Waals surface area contributed by atoms with E-state index in [1.807, 2.05) is 0 Å². The second-order valence-electron chi connectivity index (χ2n) is 6.67. The van der Waals surface area contributed by atoms with E-state index in [0.717, 1.165) is 20.5 Å². The van der Waals surface area contributed by atoms with Gasteiger partial charge in [0.05, 0.1) is 0 Å². The predicted molar refractivity (Wildman–Crippen MR) is 98.0 cm³/mol. The van der Waals surface area contributed by atoms with Gasteiger partial charge in [-0.1, -0.05) is 0 Å². The molecule has 0 bridgehead atoms. The zero-order valence-corrected chi connectivity index (χ0v) is 16.7. The molecule has 0 N–H and O–H groups in total. The monoisotopic (exact) mass is 430 g/mol. The highest BCUT2D eigenvalue weighted by Gasteiger charge is 2.36. The van der Waals surface area contributed by atoms with Gasteiger partial charge in [0.2, 0.25) is 23.3 Å². The van der Waals surface area contributed by atoms with Crippen LogP contribution in [0.5, 0.6) is 0 Å². The van der Waals surface area contributed by atoms with Crippen LogP contribution in [0.3, 0.4) is 0 Å². The summed E-state index contributed by atoms with van der Waals surface area (Å²) in [4.78, 5) is 3.57. The van der Waals surface area contributed by atoms with Crippen LogP contribution in [-0.2, 0) is 0 Å². The third-order valence-corrected chi connectivity index (χ3v) is 4.39. The van der Waals surface area contributed by atoms with Gasteiger partial charge in [0.1, 0.15) is 0 Å². The molecule has 0 spiro atoms. The minimum Gasteiger partial charge on any atom is -1.00 e. The molecule has 0 amide bonds. The van der Waals surface area contributed by atoms with Gasteiger partial charge < -0.3 is 19.2 Å². The lowest BCUT2D eigenvalue weighted by molar-refractivity contribution is -0.605. The van der Waals surface area contributed by atoms with E-state index in [4.69, 9.17) is 0 Å². The van der Waals surface area contributed by atoms with Crippen molar-refractivity contribution in [1.82, 2.24) is 0 Å². The number of hydrogen-bond acceptors (Lipinski definition) is 2. The molecule has 10 heteroatoms. The van der Waals surface area contributed by atoms with Crippen LogP contribution in [0.2, 0.25) is 0 Å². The van der Waals surface area contributed by atoms with E-state index >= 15 is 0 Å². The summed E-state index contributed by atoms with van der Waals surface area (Å²) in [6.07, 6.45) is 5.37. The topological polar surface area (TPSA) is 14.2 Å². The average Bonchev–Trinajstić information content (AvgIpc) is 2.67. The van der Waals surface area contributed by atoms with Crippen LogP contribution in [0.1, 0.15) is 0 Å². The number of aromatic nitrogens is 2. The van der Waals surface area contributed by atoms with Crippen molar-refractivity contribution in [1.29, 1.82) is 0 Å². The normalized spacial score (nSPS) is 10.1. The van der Waals surface area contributed by atoms with Gasteiger partial charge in [-0.2, -0.15) is 26.7 Å². The van der Waals surface area contributed by atoms with E-state index in [2.05, 4.69) is 0 Å². The fourth-order valence-corrected chi connectivity index (χ4v) is 2.79. The van der Waals surface area contributed by atoms with Crippen molar-refractivity contribution in [3.8, 4) is 11.4 Å². The number of anilines is 2. The molecule has 0 radical (unpaired) electrons. The van der Waals surface area contributed by atoms with Gasteiger partial charge in [0, 0.05) is 63.8 Å². The number of nitrogens with zero attached hydrogens (tertiary/aromatic N) is 4. The SMILES string of the molecule is CN(C)c1cc[n+](-c2c(F)c(F)c(-[n+]3ccc(N(C)C)cc3)c(F)c2F)cc1.[F-].[F-]. The molecule has 2 aromatic heterocycles. The maximum atomic E-state index is 14.7. The van der Waals surface area contributed by atoms with Gasteiger partial charge >= 0.3 is 0 Å². The van der Waals surface area contributed by atoms with E-state index < -0.39 is 34.6 Å². The molecule has 0 aliphatic carbocycles. The van der Waals surface area contributed by atoms with Crippen molar-refractivity contribution in [3.63, 3.8) is 0 Å². The molecule has 0 unspecified atom stereocenters. The highest BCUT2D eigenvalue weighted by molar-refractivity contribution is 5.44.